The van der Waals surface area contributed by atoms with Gasteiger partial charge in [-0.25, -0.2) is 0 Å². The van der Waals surface area contributed by atoms with Crippen molar-refractivity contribution in [2.75, 3.05) is 13.6 Å². The molecular weight excluding hydrogens is 512 g/mol. The van der Waals surface area contributed by atoms with Crippen LogP contribution in [-0.2, 0) is 20.1 Å². The van der Waals surface area contributed by atoms with Gasteiger partial charge in [0, 0.05) is 38.4 Å². The van der Waals surface area contributed by atoms with E-state index in [2.05, 4.69) is 20.9 Å². The van der Waals surface area contributed by atoms with Crippen LogP contribution in [0.1, 0.15) is 35.0 Å². The molecule has 0 bridgehead atoms. The monoisotopic (exact) mass is 537 g/mol. The van der Waals surface area contributed by atoms with Crippen LogP contribution in [0.4, 0.5) is 0 Å². The van der Waals surface area contributed by atoms with Gasteiger partial charge in [0.2, 0.25) is 0 Å². The number of carbonyl (C=O) groups is 1. The highest BCUT2D eigenvalue weighted by Gasteiger charge is 2.10. The Hall–Kier alpha value is -1.45. The maximum Gasteiger partial charge on any atom is 0.251 e. The minimum absolute atomic E-state index is 0. The fourth-order valence-corrected chi connectivity index (χ4v) is 2.92. The highest BCUT2D eigenvalue weighted by molar-refractivity contribution is 14.0. The molecule has 154 valence electrons. The van der Waals surface area contributed by atoms with Crippen molar-refractivity contribution in [3.63, 3.8) is 0 Å². The number of benzene rings is 1. The third-order valence-corrected chi connectivity index (χ3v) is 4.90. The molecule has 2 aromatic rings. The predicted octanol–water partition coefficient (Wildman–Crippen LogP) is 3.95. The zero-order valence-corrected chi connectivity index (χ0v) is 20.0. The minimum Gasteiger partial charge on any atom is -0.352 e. The molecule has 1 aromatic carbocycles. The maximum absolute atomic E-state index is 12.1. The average Bonchev–Trinajstić information content (AvgIpc) is 2.93. The molecule has 0 unspecified atom stereocenters. The molecule has 0 aliphatic rings. The molecule has 2 rings (SSSR count). The second kappa shape index (κ2) is 12.2. The molecule has 1 amide bonds. The van der Waals surface area contributed by atoms with E-state index in [1.54, 1.807) is 7.05 Å². The number of hydrogen-bond donors (Lipinski definition) is 3. The van der Waals surface area contributed by atoms with Gasteiger partial charge in [-0.1, -0.05) is 42.3 Å². The van der Waals surface area contributed by atoms with Crippen molar-refractivity contribution in [1.29, 1.82) is 0 Å². The van der Waals surface area contributed by atoms with E-state index in [1.807, 2.05) is 48.9 Å². The van der Waals surface area contributed by atoms with E-state index in [4.69, 9.17) is 23.2 Å². The van der Waals surface area contributed by atoms with Gasteiger partial charge in [0.1, 0.15) is 5.15 Å². The van der Waals surface area contributed by atoms with E-state index in [1.165, 1.54) is 0 Å². The quantitative estimate of drug-likeness (QED) is 0.284. The molecule has 1 heterocycles. The number of nitrogens with zero attached hydrogens (tertiary/aromatic N) is 2. The summed E-state index contributed by atoms with van der Waals surface area (Å²) >= 11 is 12.1. The molecule has 0 fully saturated rings. The number of hydrogen-bond acceptors (Lipinski definition) is 2. The summed E-state index contributed by atoms with van der Waals surface area (Å²) in [5, 5.41) is 10.4. The van der Waals surface area contributed by atoms with Gasteiger partial charge in [0.05, 0.1) is 11.6 Å². The summed E-state index contributed by atoms with van der Waals surface area (Å²) in [7, 11) is 3.56. The zero-order valence-electron chi connectivity index (χ0n) is 16.2. The lowest BCUT2D eigenvalue weighted by atomic mass is 10.1. The van der Waals surface area contributed by atoms with Gasteiger partial charge in [0.25, 0.3) is 5.91 Å². The third kappa shape index (κ3) is 6.86. The molecule has 0 aliphatic carbocycles. The van der Waals surface area contributed by atoms with Crippen molar-refractivity contribution in [2.24, 2.45) is 12.0 Å². The van der Waals surface area contributed by atoms with Crippen LogP contribution in [-0.4, -0.2) is 30.0 Å². The first-order valence-electron chi connectivity index (χ1n) is 8.77. The van der Waals surface area contributed by atoms with Crippen LogP contribution in [0.25, 0.3) is 0 Å². The van der Waals surface area contributed by atoms with E-state index in [0.717, 1.165) is 17.7 Å². The molecule has 0 saturated carbocycles. The van der Waals surface area contributed by atoms with Crippen molar-refractivity contribution in [3.05, 3.63) is 57.3 Å². The van der Waals surface area contributed by atoms with Gasteiger partial charge in [-0.2, -0.15) is 0 Å². The highest BCUT2D eigenvalue weighted by atomic mass is 127. The first kappa shape index (κ1) is 24.6. The van der Waals surface area contributed by atoms with Crippen LogP contribution >= 0.6 is 47.2 Å². The van der Waals surface area contributed by atoms with E-state index < -0.39 is 0 Å². The summed E-state index contributed by atoms with van der Waals surface area (Å²) in [5.41, 5.74) is 2.59. The highest BCUT2D eigenvalue weighted by Crippen LogP contribution is 2.24. The first-order valence-corrected chi connectivity index (χ1v) is 9.53. The lowest BCUT2D eigenvalue weighted by molar-refractivity contribution is 0.0953. The van der Waals surface area contributed by atoms with Gasteiger partial charge in [-0.15, -0.1) is 24.0 Å². The standard InChI is InChI=1S/C19H25Cl2N5O.HI/c1-4-8-23-18(27)14-7-5-6-13(9-14)11-24-19(22-2)25-12-15-10-16(20)17(21)26(15)3;/h5-7,9-10H,4,8,11-12H2,1-3H3,(H,23,27)(H2,22,24,25);1H. The number of amides is 1. The van der Waals surface area contributed by atoms with Gasteiger partial charge < -0.3 is 20.5 Å². The van der Waals surface area contributed by atoms with Crippen LogP contribution in [0.3, 0.4) is 0 Å². The molecular formula is C19H26Cl2IN5O. The molecule has 0 atom stereocenters. The molecule has 0 spiro atoms. The average molecular weight is 538 g/mol. The molecule has 9 heteroatoms. The van der Waals surface area contributed by atoms with Crippen molar-refractivity contribution >= 4 is 59.0 Å². The van der Waals surface area contributed by atoms with Gasteiger partial charge in [-0.05, 0) is 30.2 Å². The summed E-state index contributed by atoms with van der Waals surface area (Å²) in [4.78, 5) is 16.3. The van der Waals surface area contributed by atoms with Crippen LogP contribution in [0.15, 0.2) is 35.3 Å². The van der Waals surface area contributed by atoms with Crippen LogP contribution in [0, 0.1) is 0 Å². The summed E-state index contributed by atoms with van der Waals surface area (Å²) in [6.07, 6.45) is 0.909. The molecule has 0 radical (unpaired) electrons. The summed E-state index contributed by atoms with van der Waals surface area (Å²) in [6, 6.07) is 9.35. The zero-order chi connectivity index (χ0) is 19.8. The lowest BCUT2D eigenvalue weighted by Crippen LogP contribution is -2.36. The van der Waals surface area contributed by atoms with Crippen LogP contribution < -0.4 is 16.0 Å². The Kier molecular flexibility index (Phi) is 10.7. The number of halogens is 3. The summed E-state index contributed by atoms with van der Waals surface area (Å²) in [6.45, 7) is 3.77. The summed E-state index contributed by atoms with van der Waals surface area (Å²) < 4.78 is 1.82. The van der Waals surface area contributed by atoms with Crippen LogP contribution in [0.2, 0.25) is 10.2 Å². The SMILES string of the molecule is CCCNC(=O)c1cccc(CNC(=NC)NCc2cc(Cl)c(Cl)n2C)c1.I. The smallest absolute Gasteiger partial charge is 0.251 e. The largest absolute Gasteiger partial charge is 0.352 e. The van der Waals surface area contributed by atoms with E-state index in [0.29, 0.717) is 41.3 Å². The Morgan fingerprint density at radius 3 is 2.46 bits per heavy atom. The van der Waals surface area contributed by atoms with Crippen molar-refractivity contribution in [1.82, 2.24) is 20.5 Å². The van der Waals surface area contributed by atoms with Crippen molar-refractivity contribution < 1.29 is 4.79 Å². The number of aliphatic imine (C=N–C) groups is 1. The predicted molar refractivity (Wildman–Crippen MR) is 127 cm³/mol. The van der Waals surface area contributed by atoms with Crippen molar-refractivity contribution in [3.8, 4) is 0 Å². The van der Waals surface area contributed by atoms with Gasteiger partial charge >= 0.3 is 0 Å². The maximum atomic E-state index is 12.1. The lowest BCUT2D eigenvalue weighted by Gasteiger charge is -2.13. The Morgan fingerprint density at radius 2 is 1.86 bits per heavy atom. The molecule has 0 saturated heterocycles. The number of rotatable bonds is 7. The first-order chi connectivity index (χ1) is 13.0. The Morgan fingerprint density at radius 1 is 1.14 bits per heavy atom. The molecule has 28 heavy (non-hydrogen) atoms. The van der Waals surface area contributed by atoms with E-state index >= 15 is 0 Å². The number of carbonyl (C=O) groups excluding carboxylic acids is 1. The van der Waals surface area contributed by atoms with Gasteiger partial charge in [-0.3, -0.25) is 9.79 Å². The van der Waals surface area contributed by atoms with E-state index in [9.17, 15) is 4.79 Å². The van der Waals surface area contributed by atoms with E-state index in [-0.39, 0.29) is 29.9 Å². The van der Waals surface area contributed by atoms with Crippen molar-refractivity contribution in [2.45, 2.75) is 26.4 Å². The molecule has 0 aliphatic heterocycles. The fraction of sp³-hybridized carbons (Fsp3) is 0.368. The number of guanidine groups is 1. The normalized spacial score (nSPS) is 11.0. The molecule has 6 nitrogen and oxygen atoms in total. The van der Waals surface area contributed by atoms with Gasteiger partial charge in [0.15, 0.2) is 5.96 Å². The topological polar surface area (TPSA) is 70.4 Å². The molecule has 1 aromatic heterocycles. The number of aromatic nitrogens is 1. The minimum atomic E-state index is -0.0568. The molecule has 3 N–H and O–H groups in total. The number of nitrogens with one attached hydrogen (secondary N) is 3. The summed E-state index contributed by atoms with van der Waals surface area (Å²) in [5.74, 6) is 0.586. The third-order valence-electron chi connectivity index (χ3n) is 4.06. The Bertz CT molecular complexity index is 823. The second-order valence-corrected chi connectivity index (χ2v) is 6.83. The van der Waals surface area contributed by atoms with Crippen LogP contribution in [0.5, 0.6) is 0 Å². The Balaban J connectivity index is 0.00000392. The second-order valence-electron chi connectivity index (χ2n) is 6.07. The fourth-order valence-electron chi connectivity index (χ4n) is 2.50. The Labute approximate surface area is 193 Å².